The van der Waals surface area contributed by atoms with Crippen molar-refractivity contribution in [1.29, 1.82) is 0 Å². The summed E-state index contributed by atoms with van der Waals surface area (Å²) < 4.78 is 27.0. The van der Waals surface area contributed by atoms with E-state index in [1.165, 1.54) is 6.07 Å². The number of nitrogens with zero attached hydrogens (tertiary/aromatic N) is 2. The first kappa shape index (κ1) is 12.1. The molecule has 1 aliphatic rings. The Balaban J connectivity index is 2.45. The molecule has 0 aliphatic carbocycles. The van der Waals surface area contributed by atoms with Gasteiger partial charge in [-0.25, -0.2) is 8.78 Å². The molecule has 1 heterocycles. The Kier molecular flexibility index (Phi) is 3.19. The van der Waals surface area contributed by atoms with E-state index in [1.807, 2.05) is 23.9 Å². The van der Waals surface area contributed by atoms with Crippen molar-refractivity contribution in [3.05, 3.63) is 23.8 Å². The van der Waals surface area contributed by atoms with Crippen LogP contribution in [0, 0.1) is 11.6 Å². The molecular weight excluding hydrogens is 224 g/mol. The molecule has 0 radical (unpaired) electrons. The zero-order valence-electron chi connectivity index (χ0n) is 10.1. The van der Waals surface area contributed by atoms with E-state index in [1.54, 1.807) is 0 Å². The summed E-state index contributed by atoms with van der Waals surface area (Å²) in [6, 6.07) is 2.46. The van der Waals surface area contributed by atoms with Crippen molar-refractivity contribution in [2.24, 2.45) is 5.73 Å². The predicted molar refractivity (Wildman–Crippen MR) is 65.5 cm³/mol. The van der Waals surface area contributed by atoms with Crippen LogP contribution in [-0.4, -0.2) is 33.2 Å². The molecule has 1 aromatic rings. The maximum absolute atomic E-state index is 13.8. The number of benzene rings is 1. The van der Waals surface area contributed by atoms with Gasteiger partial charge in [0.05, 0.1) is 11.4 Å². The van der Waals surface area contributed by atoms with E-state index in [2.05, 4.69) is 0 Å². The Bertz CT molecular complexity index is 422. The Morgan fingerprint density at radius 1 is 1.35 bits per heavy atom. The minimum absolute atomic E-state index is 0.164. The van der Waals surface area contributed by atoms with E-state index in [9.17, 15) is 8.78 Å². The molecule has 1 aliphatic heterocycles. The van der Waals surface area contributed by atoms with Crippen molar-refractivity contribution in [1.82, 2.24) is 0 Å². The average Bonchev–Trinajstić information content (AvgIpc) is 2.25. The second-order valence-electron chi connectivity index (χ2n) is 4.48. The minimum atomic E-state index is -0.543. The lowest BCUT2D eigenvalue weighted by molar-refractivity contribution is 0.533. The summed E-state index contributed by atoms with van der Waals surface area (Å²) in [7, 11) is 3.67. The van der Waals surface area contributed by atoms with Crippen LogP contribution in [0.25, 0.3) is 0 Å². The molecule has 17 heavy (non-hydrogen) atoms. The summed E-state index contributed by atoms with van der Waals surface area (Å²) in [5, 5.41) is 0. The first-order valence-electron chi connectivity index (χ1n) is 5.67. The molecular formula is C12H17F2N3. The quantitative estimate of drug-likeness (QED) is 0.853. The fourth-order valence-electron chi connectivity index (χ4n) is 2.39. The third-order valence-corrected chi connectivity index (χ3v) is 3.30. The number of nitrogens with two attached hydrogens (primary N) is 1. The number of hydrogen-bond donors (Lipinski definition) is 1. The normalized spacial score (nSPS) is 19.5. The molecule has 2 rings (SSSR count). The maximum atomic E-state index is 13.8. The van der Waals surface area contributed by atoms with E-state index in [4.69, 9.17) is 5.73 Å². The van der Waals surface area contributed by atoms with Crippen LogP contribution in [0.1, 0.15) is 6.42 Å². The SMILES string of the molecule is CN1CC(CCN)N(C)c2c(F)cc(F)cc21. The minimum Gasteiger partial charge on any atom is -0.371 e. The van der Waals surface area contributed by atoms with Gasteiger partial charge in [-0.1, -0.05) is 0 Å². The molecule has 0 saturated carbocycles. The van der Waals surface area contributed by atoms with Crippen molar-refractivity contribution in [3.8, 4) is 0 Å². The summed E-state index contributed by atoms with van der Waals surface area (Å²) in [5.74, 6) is -1.06. The van der Waals surface area contributed by atoms with Gasteiger partial charge in [0.25, 0.3) is 0 Å². The lowest BCUT2D eigenvalue weighted by Gasteiger charge is -2.41. The number of rotatable bonds is 2. The highest BCUT2D eigenvalue weighted by Gasteiger charge is 2.29. The first-order chi connectivity index (χ1) is 8.04. The highest BCUT2D eigenvalue weighted by molar-refractivity contribution is 5.74. The summed E-state index contributed by atoms with van der Waals surface area (Å²) in [6.45, 7) is 1.28. The standard InChI is InChI=1S/C12H17F2N3/c1-16-7-9(3-4-15)17(2)12-10(14)5-8(13)6-11(12)16/h5-6,9H,3-4,7,15H2,1-2H3. The third-order valence-electron chi connectivity index (χ3n) is 3.30. The van der Waals surface area contributed by atoms with Gasteiger partial charge in [-0.3, -0.25) is 0 Å². The van der Waals surface area contributed by atoms with Crippen molar-refractivity contribution in [3.63, 3.8) is 0 Å². The summed E-state index contributed by atoms with van der Waals surface area (Å²) in [4.78, 5) is 3.73. The van der Waals surface area contributed by atoms with Gasteiger partial charge >= 0.3 is 0 Å². The van der Waals surface area contributed by atoms with Crippen LogP contribution in [0.15, 0.2) is 12.1 Å². The van der Waals surface area contributed by atoms with Crippen LogP contribution in [0.4, 0.5) is 20.2 Å². The topological polar surface area (TPSA) is 32.5 Å². The second kappa shape index (κ2) is 4.49. The predicted octanol–water partition coefficient (Wildman–Crippen LogP) is 1.57. The van der Waals surface area contributed by atoms with Gasteiger partial charge in [0, 0.05) is 32.7 Å². The van der Waals surface area contributed by atoms with Gasteiger partial charge in [0.15, 0.2) is 5.82 Å². The smallest absolute Gasteiger partial charge is 0.151 e. The second-order valence-corrected chi connectivity index (χ2v) is 4.48. The zero-order valence-corrected chi connectivity index (χ0v) is 10.1. The summed E-state index contributed by atoms with van der Waals surface area (Å²) in [6.07, 6.45) is 0.789. The Morgan fingerprint density at radius 2 is 2.06 bits per heavy atom. The highest BCUT2D eigenvalue weighted by atomic mass is 19.1. The van der Waals surface area contributed by atoms with Crippen molar-refractivity contribution >= 4 is 11.4 Å². The average molecular weight is 241 g/mol. The molecule has 94 valence electrons. The zero-order chi connectivity index (χ0) is 12.6. The fraction of sp³-hybridized carbons (Fsp3) is 0.500. The molecule has 1 aromatic carbocycles. The number of fused-ring (bicyclic) bond motifs is 1. The van der Waals surface area contributed by atoms with E-state index in [0.717, 1.165) is 19.0 Å². The number of hydrogen-bond acceptors (Lipinski definition) is 3. The molecule has 2 N–H and O–H groups in total. The van der Waals surface area contributed by atoms with E-state index in [-0.39, 0.29) is 6.04 Å². The monoisotopic (exact) mass is 241 g/mol. The Hall–Kier alpha value is -1.36. The van der Waals surface area contributed by atoms with Crippen LogP contribution in [-0.2, 0) is 0 Å². The van der Waals surface area contributed by atoms with Crippen LogP contribution in [0.5, 0.6) is 0 Å². The molecule has 0 amide bonds. The highest BCUT2D eigenvalue weighted by Crippen LogP contribution is 2.37. The fourth-order valence-corrected chi connectivity index (χ4v) is 2.39. The van der Waals surface area contributed by atoms with Gasteiger partial charge in [0.2, 0.25) is 0 Å². The van der Waals surface area contributed by atoms with Crippen molar-refractivity contribution in [2.75, 3.05) is 37.0 Å². The van der Waals surface area contributed by atoms with E-state index < -0.39 is 11.6 Å². The number of likely N-dealkylation sites (N-methyl/N-ethyl adjacent to an activating group) is 2. The Labute approximate surface area is 99.8 Å². The van der Waals surface area contributed by atoms with Crippen molar-refractivity contribution in [2.45, 2.75) is 12.5 Å². The molecule has 0 saturated heterocycles. The molecule has 0 fully saturated rings. The van der Waals surface area contributed by atoms with Crippen LogP contribution in [0.3, 0.4) is 0 Å². The largest absolute Gasteiger partial charge is 0.371 e. The number of anilines is 2. The van der Waals surface area contributed by atoms with E-state index >= 15 is 0 Å². The van der Waals surface area contributed by atoms with E-state index in [0.29, 0.717) is 17.9 Å². The molecule has 3 nitrogen and oxygen atoms in total. The van der Waals surface area contributed by atoms with Gasteiger partial charge in [-0.05, 0) is 19.0 Å². The van der Waals surface area contributed by atoms with Crippen LogP contribution >= 0.6 is 0 Å². The first-order valence-corrected chi connectivity index (χ1v) is 5.67. The molecule has 0 spiro atoms. The lowest BCUT2D eigenvalue weighted by Crippen LogP contribution is -2.47. The van der Waals surface area contributed by atoms with Gasteiger partial charge < -0.3 is 15.5 Å². The lowest BCUT2D eigenvalue weighted by atomic mass is 10.1. The van der Waals surface area contributed by atoms with Crippen LogP contribution in [0.2, 0.25) is 0 Å². The maximum Gasteiger partial charge on any atom is 0.151 e. The van der Waals surface area contributed by atoms with Crippen LogP contribution < -0.4 is 15.5 Å². The molecule has 0 aromatic heterocycles. The van der Waals surface area contributed by atoms with Gasteiger partial charge in [-0.15, -0.1) is 0 Å². The Morgan fingerprint density at radius 3 is 2.71 bits per heavy atom. The molecule has 1 unspecified atom stereocenters. The third kappa shape index (κ3) is 2.07. The molecule has 1 atom stereocenters. The van der Waals surface area contributed by atoms with Crippen molar-refractivity contribution < 1.29 is 8.78 Å². The summed E-state index contributed by atoms with van der Waals surface area (Å²) >= 11 is 0. The van der Waals surface area contributed by atoms with Gasteiger partial charge in [-0.2, -0.15) is 0 Å². The molecule has 5 heteroatoms. The number of halogens is 2. The summed E-state index contributed by atoms with van der Waals surface area (Å²) in [5.41, 5.74) is 6.60. The van der Waals surface area contributed by atoms with Gasteiger partial charge in [0.1, 0.15) is 5.82 Å². The molecule has 0 bridgehead atoms.